The first-order valence-electron chi connectivity index (χ1n) is 5.74. The number of rotatable bonds is 4. The molecule has 0 aliphatic carbocycles. The van der Waals surface area contributed by atoms with Crippen LogP contribution in [0.2, 0.25) is 0 Å². The van der Waals surface area contributed by atoms with Gasteiger partial charge in [0.25, 0.3) is 0 Å². The molecule has 4 nitrogen and oxygen atoms in total. The van der Waals surface area contributed by atoms with E-state index in [1.807, 2.05) is 31.2 Å². The van der Waals surface area contributed by atoms with Gasteiger partial charge in [0.15, 0.2) is 0 Å². The Morgan fingerprint density at radius 2 is 2.12 bits per heavy atom. The minimum absolute atomic E-state index is 0.586. The van der Waals surface area contributed by atoms with Gasteiger partial charge in [-0.25, -0.2) is 0 Å². The number of aromatic nitrogens is 1. The molecule has 1 aromatic heterocycles. The highest BCUT2D eigenvalue weighted by atomic mass is 16.5. The van der Waals surface area contributed by atoms with Crippen molar-refractivity contribution in [1.29, 1.82) is 0 Å². The number of fused-ring (bicyclic) bond motifs is 1. The summed E-state index contributed by atoms with van der Waals surface area (Å²) in [4.78, 5) is 0. The molecule has 0 saturated carbocycles. The first-order chi connectivity index (χ1) is 8.33. The van der Waals surface area contributed by atoms with Crippen molar-refractivity contribution in [2.45, 2.75) is 20.4 Å². The molecule has 0 amide bonds. The van der Waals surface area contributed by atoms with Crippen LogP contribution in [0, 0.1) is 0 Å². The quantitative estimate of drug-likeness (QED) is 0.500. The predicted octanol–water partition coefficient (Wildman–Crippen LogP) is 2.87. The largest absolute Gasteiger partial charge is 0.479 e. The van der Waals surface area contributed by atoms with Crippen LogP contribution < -0.4 is 4.74 Å². The average Bonchev–Trinajstić information content (AvgIpc) is 2.65. The van der Waals surface area contributed by atoms with E-state index in [0.717, 1.165) is 28.9 Å². The van der Waals surface area contributed by atoms with Gasteiger partial charge in [0.1, 0.15) is 0 Å². The summed E-state index contributed by atoms with van der Waals surface area (Å²) in [6.07, 6.45) is 1.43. The molecule has 0 saturated heterocycles. The molecule has 90 valence electrons. The second kappa shape index (κ2) is 4.91. The highest BCUT2D eigenvalue weighted by molar-refractivity contribution is 6.02. The lowest BCUT2D eigenvalue weighted by Gasteiger charge is -2.08. The number of para-hydroxylation sites is 1. The molecule has 1 N–H and O–H groups in total. The van der Waals surface area contributed by atoms with E-state index in [-0.39, 0.29) is 0 Å². The van der Waals surface area contributed by atoms with Crippen molar-refractivity contribution < 1.29 is 9.94 Å². The SMILES string of the molecule is CCOc1c(C=NO)c2ccccc2n1CC. The predicted molar refractivity (Wildman–Crippen MR) is 68.2 cm³/mol. The number of hydrogen-bond acceptors (Lipinski definition) is 3. The van der Waals surface area contributed by atoms with Gasteiger partial charge in [-0.15, -0.1) is 0 Å². The molecule has 0 atom stereocenters. The van der Waals surface area contributed by atoms with Gasteiger partial charge in [-0.05, 0) is 19.9 Å². The number of hydrogen-bond donors (Lipinski definition) is 1. The Morgan fingerprint density at radius 1 is 1.35 bits per heavy atom. The van der Waals surface area contributed by atoms with Crippen molar-refractivity contribution >= 4 is 17.1 Å². The molecule has 0 bridgehead atoms. The van der Waals surface area contributed by atoms with Crippen molar-refractivity contribution in [2.75, 3.05) is 6.61 Å². The van der Waals surface area contributed by atoms with E-state index in [1.54, 1.807) is 0 Å². The fraction of sp³-hybridized carbons (Fsp3) is 0.308. The van der Waals surface area contributed by atoms with Crippen LogP contribution in [-0.4, -0.2) is 22.6 Å². The fourth-order valence-electron chi connectivity index (χ4n) is 2.10. The minimum Gasteiger partial charge on any atom is -0.479 e. The van der Waals surface area contributed by atoms with E-state index in [2.05, 4.69) is 16.6 Å². The van der Waals surface area contributed by atoms with Crippen LogP contribution in [0.5, 0.6) is 5.88 Å². The first-order valence-corrected chi connectivity index (χ1v) is 5.74. The lowest BCUT2D eigenvalue weighted by atomic mass is 10.2. The number of aryl methyl sites for hydroxylation is 1. The maximum atomic E-state index is 8.76. The zero-order chi connectivity index (χ0) is 12.3. The topological polar surface area (TPSA) is 46.8 Å². The third-order valence-corrected chi connectivity index (χ3v) is 2.74. The van der Waals surface area contributed by atoms with E-state index in [0.29, 0.717) is 6.61 Å². The molecule has 0 spiro atoms. The fourth-order valence-corrected chi connectivity index (χ4v) is 2.10. The summed E-state index contributed by atoms with van der Waals surface area (Å²) in [6.45, 7) is 5.41. The molecular weight excluding hydrogens is 216 g/mol. The molecule has 1 heterocycles. The summed E-state index contributed by atoms with van der Waals surface area (Å²) in [5.74, 6) is 0.758. The van der Waals surface area contributed by atoms with Crippen LogP contribution in [0.3, 0.4) is 0 Å². The molecule has 0 aliphatic heterocycles. The van der Waals surface area contributed by atoms with Crippen LogP contribution in [0.25, 0.3) is 10.9 Å². The summed E-state index contributed by atoms with van der Waals surface area (Å²) in [5, 5.41) is 12.9. The van der Waals surface area contributed by atoms with Crippen LogP contribution in [0.4, 0.5) is 0 Å². The molecule has 0 radical (unpaired) electrons. The summed E-state index contributed by atoms with van der Waals surface area (Å²) in [5.41, 5.74) is 1.92. The van der Waals surface area contributed by atoms with Gasteiger partial charge in [0.05, 0.1) is 23.9 Å². The Bertz CT molecular complexity index is 544. The van der Waals surface area contributed by atoms with E-state index in [4.69, 9.17) is 9.94 Å². The number of ether oxygens (including phenoxy) is 1. The second-order valence-electron chi connectivity index (χ2n) is 3.66. The van der Waals surface area contributed by atoms with Gasteiger partial charge in [-0.3, -0.25) is 0 Å². The molecule has 0 aliphatic rings. The summed E-state index contributed by atoms with van der Waals surface area (Å²) < 4.78 is 7.74. The van der Waals surface area contributed by atoms with Gasteiger partial charge in [0.2, 0.25) is 5.88 Å². The first kappa shape index (κ1) is 11.5. The van der Waals surface area contributed by atoms with Gasteiger partial charge in [0, 0.05) is 11.9 Å². The third-order valence-electron chi connectivity index (χ3n) is 2.74. The van der Waals surface area contributed by atoms with Gasteiger partial charge in [-0.1, -0.05) is 23.4 Å². The Labute approximate surface area is 100 Å². The van der Waals surface area contributed by atoms with E-state index in [9.17, 15) is 0 Å². The Kier molecular flexibility index (Phi) is 3.32. The Hall–Kier alpha value is -1.97. The number of nitrogens with zero attached hydrogens (tertiary/aromatic N) is 2. The van der Waals surface area contributed by atoms with Crippen LogP contribution >= 0.6 is 0 Å². The van der Waals surface area contributed by atoms with Crippen LogP contribution in [0.1, 0.15) is 19.4 Å². The molecule has 4 heteroatoms. The maximum Gasteiger partial charge on any atom is 0.203 e. The Balaban J connectivity index is 2.77. The average molecular weight is 232 g/mol. The molecule has 1 aromatic carbocycles. The standard InChI is InChI=1S/C13H16N2O2/c1-3-15-12-8-6-5-7-10(12)11(9-14-16)13(15)17-4-2/h5-9,16H,3-4H2,1-2H3. The van der Waals surface area contributed by atoms with E-state index in [1.165, 1.54) is 6.21 Å². The molecule has 0 unspecified atom stereocenters. The molecule has 2 rings (SSSR count). The smallest absolute Gasteiger partial charge is 0.203 e. The van der Waals surface area contributed by atoms with Gasteiger partial charge < -0.3 is 14.5 Å². The highest BCUT2D eigenvalue weighted by Crippen LogP contribution is 2.30. The van der Waals surface area contributed by atoms with E-state index >= 15 is 0 Å². The van der Waals surface area contributed by atoms with Crippen molar-refractivity contribution in [3.05, 3.63) is 29.8 Å². The summed E-state index contributed by atoms with van der Waals surface area (Å²) in [6, 6.07) is 7.99. The zero-order valence-electron chi connectivity index (χ0n) is 10.1. The highest BCUT2D eigenvalue weighted by Gasteiger charge is 2.15. The molecule has 0 fully saturated rings. The van der Waals surface area contributed by atoms with Crippen LogP contribution in [0.15, 0.2) is 29.4 Å². The number of benzene rings is 1. The molecule has 2 aromatic rings. The lowest BCUT2D eigenvalue weighted by molar-refractivity contribution is 0.310. The van der Waals surface area contributed by atoms with Crippen molar-refractivity contribution in [1.82, 2.24) is 4.57 Å². The Morgan fingerprint density at radius 3 is 2.76 bits per heavy atom. The van der Waals surface area contributed by atoms with Crippen molar-refractivity contribution in [3.8, 4) is 5.88 Å². The summed E-state index contributed by atoms with van der Waals surface area (Å²) >= 11 is 0. The normalized spacial score (nSPS) is 11.4. The van der Waals surface area contributed by atoms with Gasteiger partial charge >= 0.3 is 0 Å². The zero-order valence-corrected chi connectivity index (χ0v) is 10.1. The summed E-state index contributed by atoms with van der Waals surface area (Å²) in [7, 11) is 0. The van der Waals surface area contributed by atoms with Crippen molar-refractivity contribution in [2.24, 2.45) is 5.16 Å². The molecular formula is C13H16N2O2. The van der Waals surface area contributed by atoms with Crippen molar-refractivity contribution in [3.63, 3.8) is 0 Å². The molecule has 17 heavy (non-hydrogen) atoms. The second-order valence-corrected chi connectivity index (χ2v) is 3.66. The lowest BCUT2D eigenvalue weighted by Crippen LogP contribution is -2.02. The third kappa shape index (κ3) is 1.86. The van der Waals surface area contributed by atoms with Crippen LogP contribution in [-0.2, 0) is 6.54 Å². The van der Waals surface area contributed by atoms with Gasteiger partial charge in [-0.2, -0.15) is 0 Å². The minimum atomic E-state index is 0.586. The number of oxime groups is 1. The maximum absolute atomic E-state index is 8.76. The monoisotopic (exact) mass is 232 g/mol. The van der Waals surface area contributed by atoms with E-state index < -0.39 is 0 Å².